The summed E-state index contributed by atoms with van der Waals surface area (Å²) in [5.74, 6) is 2.88. The lowest BCUT2D eigenvalue weighted by atomic mass is 10.0. The summed E-state index contributed by atoms with van der Waals surface area (Å²) in [6.45, 7) is 0. The van der Waals surface area contributed by atoms with Crippen LogP contribution in [0.4, 0.5) is 0 Å². The van der Waals surface area contributed by atoms with Crippen molar-refractivity contribution in [3.8, 4) is 34.1 Å². The van der Waals surface area contributed by atoms with Crippen LogP contribution >= 0.6 is 0 Å². The fraction of sp³-hybridized carbons (Fsp3) is 0.143. The van der Waals surface area contributed by atoms with E-state index in [9.17, 15) is 0 Å². The summed E-state index contributed by atoms with van der Waals surface area (Å²) in [6.07, 6.45) is 0. The van der Waals surface area contributed by atoms with E-state index >= 15 is 0 Å². The first-order chi connectivity index (χ1) is 16.2. The maximum atomic E-state index is 5.76. The zero-order chi connectivity index (χ0) is 23.0. The van der Waals surface area contributed by atoms with Gasteiger partial charge in [-0.3, -0.25) is 0 Å². The van der Waals surface area contributed by atoms with Gasteiger partial charge in [-0.05, 0) is 56.1 Å². The van der Waals surface area contributed by atoms with Gasteiger partial charge in [0.05, 0.1) is 28.4 Å². The summed E-state index contributed by atoms with van der Waals surface area (Å²) >= 11 is 0. The van der Waals surface area contributed by atoms with Gasteiger partial charge in [0.1, 0.15) is 0 Å². The molecule has 0 radical (unpaired) electrons. The standard InChI is InChI=1S/C28H26O4Si/c1-29-23-15-21-22-16-24(30-2)26(32-4)18-28(22)33(19-11-7-5-8-12-19,20-13-9-6-10-14-20)27(21)17-25(23)31-3/h5-18H,1-4H3. The van der Waals surface area contributed by atoms with Gasteiger partial charge < -0.3 is 18.9 Å². The lowest BCUT2D eigenvalue weighted by Crippen LogP contribution is -2.72. The second-order valence-electron chi connectivity index (χ2n) is 7.99. The average molecular weight is 455 g/mol. The Morgan fingerprint density at radius 3 is 1.12 bits per heavy atom. The van der Waals surface area contributed by atoms with Crippen LogP contribution < -0.4 is 39.7 Å². The minimum absolute atomic E-state index is 0.711. The lowest BCUT2D eigenvalue weighted by molar-refractivity contribution is 0.355. The molecule has 0 aliphatic carbocycles. The first-order valence-corrected chi connectivity index (χ1v) is 12.8. The van der Waals surface area contributed by atoms with Crippen LogP contribution in [0.3, 0.4) is 0 Å². The molecule has 0 N–H and O–H groups in total. The molecule has 0 amide bonds. The zero-order valence-electron chi connectivity index (χ0n) is 19.2. The first kappa shape index (κ1) is 21.2. The van der Waals surface area contributed by atoms with Crippen LogP contribution in [0.5, 0.6) is 23.0 Å². The Kier molecular flexibility index (Phi) is 5.34. The Labute approximate surface area is 195 Å². The van der Waals surface area contributed by atoms with Crippen LogP contribution in [0.2, 0.25) is 0 Å². The molecular formula is C28H26O4Si. The summed E-state index contributed by atoms with van der Waals surface area (Å²) in [7, 11) is 4.06. The van der Waals surface area contributed by atoms with E-state index in [-0.39, 0.29) is 0 Å². The zero-order valence-corrected chi connectivity index (χ0v) is 20.2. The van der Waals surface area contributed by atoms with E-state index in [2.05, 4.69) is 84.9 Å². The Morgan fingerprint density at radius 1 is 0.455 bits per heavy atom. The highest BCUT2D eigenvalue weighted by molar-refractivity contribution is 7.22. The predicted octanol–water partition coefficient (Wildman–Crippen LogP) is 3.08. The van der Waals surface area contributed by atoms with Crippen LogP contribution in [0.15, 0.2) is 84.9 Å². The van der Waals surface area contributed by atoms with Crippen molar-refractivity contribution in [1.29, 1.82) is 0 Å². The van der Waals surface area contributed by atoms with Gasteiger partial charge in [-0.15, -0.1) is 0 Å². The highest BCUT2D eigenvalue weighted by atomic mass is 28.3. The number of methoxy groups -OCH3 is 4. The van der Waals surface area contributed by atoms with Crippen molar-refractivity contribution in [3.05, 3.63) is 84.9 Å². The fourth-order valence-electron chi connectivity index (χ4n) is 5.13. The van der Waals surface area contributed by atoms with Crippen molar-refractivity contribution in [2.45, 2.75) is 0 Å². The molecule has 0 spiro atoms. The number of hydrogen-bond acceptors (Lipinski definition) is 4. The number of hydrogen-bond donors (Lipinski definition) is 0. The van der Waals surface area contributed by atoms with Gasteiger partial charge in [-0.25, -0.2) is 0 Å². The topological polar surface area (TPSA) is 36.9 Å². The van der Waals surface area contributed by atoms with Crippen LogP contribution in [-0.2, 0) is 0 Å². The van der Waals surface area contributed by atoms with E-state index in [1.54, 1.807) is 28.4 Å². The smallest absolute Gasteiger partial charge is 0.181 e. The average Bonchev–Trinajstić information content (AvgIpc) is 3.16. The van der Waals surface area contributed by atoms with Gasteiger partial charge in [0.15, 0.2) is 31.1 Å². The lowest BCUT2D eigenvalue weighted by Gasteiger charge is -2.31. The maximum Gasteiger partial charge on any atom is 0.181 e. The maximum absolute atomic E-state index is 5.76. The highest BCUT2D eigenvalue weighted by Crippen LogP contribution is 2.40. The molecule has 1 aliphatic rings. The first-order valence-electron chi connectivity index (χ1n) is 10.8. The third-order valence-electron chi connectivity index (χ3n) is 6.56. The largest absolute Gasteiger partial charge is 0.493 e. The molecule has 5 rings (SSSR count). The molecule has 4 nitrogen and oxygen atoms in total. The molecule has 0 bridgehead atoms. The summed E-state index contributed by atoms with van der Waals surface area (Å²) < 4.78 is 22.9. The molecule has 0 fully saturated rings. The van der Waals surface area contributed by atoms with Crippen molar-refractivity contribution in [3.63, 3.8) is 0 Å². The molecule has 166 valence electrons. The molecule has 0 saturated carbocycles. The Bertz CT molecular complexity index is 1200. The van der Waals surface area contributed by atoms with Crippen molar-refractivity contribution in [2.75, 3.05) is 28.4 Å². The molecule has 0 atom stereocenters. The van der Waals surface area contributed by atoms with Crippen LogP contribution in [0, 0.1) is 0 Å². The number of rotatable bonds is 6. The van der Waals surface area contributed by atoms with Gasteiger partial charge in [-0.2, -0.15) is 0 Å². The van der Waals surface area contributed by atoms with Gasteiger partial charge in [-0.1, -0.05) is 60.7 Å². The molecule has 0 unspecified atom stereocenters. The fourth-order valence-corrected chi connectivity index (χ4v) is 10.3. The normalized spacial score (nSPS) is 13.1. The molecule has 5 heteroatoms. The number of ether oxygens (including phenoxy) is 4. The minimum atomic E-state index is -2.66. The molecular weight excluding hydrogens is 428 g/mol. The SMILES string of the molecule is COc1cc2c(cc1OC)[Si](c1ccccc1)(c1ccccc1)c1cc(OC)c(OC)cc1-2. The quantitative estimate of drug-likeness (QED) is 0.370. The van der Waals surface area contributed by atoms with E-state index in [0.29, 0.717) is 11.5 Å². The second-order valence-corrected chi connectivity index (χ2v) is 11.7. The Balaban J connectivity index is 1.99. The Morgan fingerprint density at radius 2 is 0.788 bits per heavy atom. The summed E-state index contributed by atoms with van der Waals surface area (Å²) in [5, 5.41) is 5.14. The van der Waals surface area contributed by atoms with E-state index in [0.717, 1.165) is 22.6 Å². The predicted molar refractivity (Wildman–Crippen MR) is 135 cm³/mol. The number of benzene rings is 4. The molecule has 4 aromatic rings. The van der Waals surface area contributed by atoms with E-state index in [1.807, 2.05) is 0 Å². The summed E-state index contributed by atoms with van der Waals surface area (Å²) in [4.78, 5) is 0. The highest BCUT2D eigenvalue weighted by Gasteiger charge is 2.50. The molecule has 1 aliphatic heterocycles. The van der Waals surface area contributed by atoms with Crippen LogP contribution in [-0.4, -0.2) is 36.5 Å². The molecule has 4 aromatic carbocycles. The van der Waals surface area contributed by atoms with Gasteiger partial charge in [0.2, 0.25) is 0 Å². The van der Waals surface area contributed by atoms with E-state index in [4.69, 9.17) is 18.9 Å². The second kappa shape index (κ2) is 8.33. The monoisotopic (exact) mass is 454 g/mol. The van der Waals surface area contributed by atoms with E-state index in [1.165, 1.54) is 20.7 Å². The molecule has 0 saturated heterocycles. The minimum Gasteiger partial charge on any atom is -0.493 e. The van der Waals surface area contributed by atoms with Gasteiger partial charge in [0.25, 0.3) is 0 Å². The van der Waals surface area contributed by atoms with Crippen molar-refractivity contribution in [1.82, 2.24) is 0 Å². The molecule has 1 heterocycles. The third-order valence-corrected chi connectivity index (χ3v) is 11.4. The van der Waals surface area contributed by atoms with E-state index < -0.39 is 8.07 Å². The number of fused-ring (bicyclic) bond motifs is 3. The van der Waals surface area contributed by atoms with Crippen molar-refractivity contribution in [2.24, 2.45) is 0 Å². The Hall–Kier alpha value is -3.70. The van der Waals surface area contributed by atoms with Crippen molar-refractivity contribution < 1.29 is 18.9 Å². The van der Waals surface area contributed by atoms with Crippen LogP contribution in [0.25, 0.3) is 11.1 Å². The van der Waals surface area contributed by atoms with Crippen LogP contribution in [0.1, 0.15) is 0 Å². The molecule has 33 heavy (non-hydrogen) atoms. The summed E-state index contributed by atoms with van der Waals surface area (Å²) in [6, 6.07) is 30.1. The van der Waals surface area contributed by atoms with Crippen molar-refractivity contribution >= 4 is 28.8 Å². The third kappa shape index (κ3) is 3.03. The van der Waals surface area contributed by atoms with Gasteiger partial charge in [0, 0.05) is 0 Å². The summed E-state index contributed by atoms with van der Waals surface area (Å²) in [5.41, 5.74) is 2.28. The molecule has 0 aromatic heterocycles. The van der Waals surface area contributed by atoms with Gasteiger partial charge >= 0.3 is 0 Å².